The summed E-state index contributed by atoms with van der Waals surface area (Å²) in [7, 11) is 0. The molecule has 0 saturated heterocycles. The van der Waals surface area contributed by atoms with Crippen LogP contribution in [0, 0.1) is 16.7 Å². The zero-order valence-electron chi connectivity index (χ0n) is 13.4. The fraction of sp³-hybridized carbons (Fsp3) is 0.789. The van der Waals surface area contributed by atoms with Crippen LogP contribution in [0.4, 0.5) is 0 Å². The Morgan fingerprint density at radius 3 is 2.62 bits per heavy atom. The summed E-state index contributed by atoms with van der Waals surface area (Å²) in [6.45, 7) is 4.73. The van der Waals surface area contributed by atoms with E-state index in [2.05, 4.69) is 19.9 Å². The van der Waals surface area contributed by atoms with Crippen molar-refractivity contribution in [2.24, 2.45) is 16.7 Å². The number of aliphatic hydroxyl groups excluding tert-OH is 2. The molecule has 116 valence electrons. The van der Waals surface area contributed by atoms with Gasteiger partial charge >= 0.3 is 0 Å². The second kappa shape index (κ2) is 4.45. The van der Waals surface area contributed by atoms with Crippen LogP contribution in [-0.2, 0) is 0 Å². The van der Waals surface area contributed by atoms with Crippen molar-refractivity contribution in [2.75, 3.05) is 0 Å². The Balaban J connectivity index is 1.78. The minimum atomic E-state index is -0.225. The van der Waals surface area contributed by atoms with Crippen LogP contribution in [0.1, 0.15) is 65.2 Å². The highest BCUT2D eigenvalue weighted by Crippen LogP contribution is 2.62. The predicted octanol–water partition coefficient (Wildman–Crippen LogP) is 3.74. The summed E-state index contributed by atoms with van der Waals surface area (Å²) in [6.07, 6.45) is 10.6. The van der Waals surface area contributed by atoms with Gasteiger partial charge in [0.1, 0.15) is 0 Å². The monoisotopic (exact) mass is 288 g/mol. The number of allylic oxidation sites excluding steroid dienone is 3. The molecule has 0 amide bonds. The van der Waals surface area contributed by atoms with Crippen molar-refractivity contribution >= 4 is 0 Å². The van der Waals surface area contributed by atoms with Crippen LogP contribution in [0.5, 0.6) is 0 Å². The summed E-state index contributed by atoms with van der Waals surface area (Å²) in [5, 5.41) is 20.4. The molecule has 1 saturated carbocycles. The third-order valence-electron chi connectivity index (χ3n) is 7.38. The fourth-order valence-corrected chi connectivity index (χ4v) is 5.92. The van der Waals surface area contributed by atoms with E-state index in [1.54, 1.807) is 11.1 Å². The van der Waals surface area contributed by atoms with Gasteiger partial charge in [0, 0.05) is 10.8 Å². The molecule has 2 nitrogen and oxygen atoms in total. The van der Waals surface area contributed by atoms with E-state index in [1.165, 1.54) is 12.0 Å². The Hall–Kier alpha value is -0.600. The van der Waals surface area contributed by atoms with Crippen LogP contribution < -0.4 is 0 Å². The Bertz CT molecular complexity index is 532. The summed E-state index contributed by atoms with van der Waals surface area (Å²) in [5.74, 6) is 0.612. The maximum absolute atomic E-state index is 10.4. The second-order valence-corrected chi connectivity index (χ2v) is 8.29. The van der Waals surface area contributed by atoms with Gasteiger partial charge in [-0.2, -0.15) is 0 Å². The molecule has 4 aliphatic carbocycles. The van der Waals surface area contributed by atoms with Crippen molar-refractivity contribution < 1.29 is 10.2 Å². The lowest BCUT2D eigenvalue weighted by molar-refractivity contribution is 0.0312. The van der Waals surface area contributed by atoms with Gasteiger partial charge in [0.2, 0.25) is 0 Å². The minimum Gasteiger partial charge on any atom is -0.393 e. The number of aliphatic hydroxyl groups is 2. The third-order valence-corrected chi connectivity index (χ3v) is 7.38. The van der Waals surface area contributed by atoms with E-state index in [0.29, 0.717) is 5.92 Å². The van der Waals surface area contributed by atoms with Crippen molar-refractivity contribution in [1.82, 2.24) is 0 Å². The normalized spacial score (nSPS) is 49.3. The van der Waals surface area contributed by atoms with Crippen LogP contribution in [-0.4, -0.2) is 22.4 Å². The molecule has 2 unspecified atom stereocenters. The zero-order valence-corrected chi connectivity index (χ0v) is 13.4. The van der Waals surface area contributed by atoms with Crippen LogP contribution in [0.15, 0.2) is 22.8 Å². The Labute approximate surface area is 127 Å². The SMILES string of the molecule is C[C@]12CCC(O)C=C1CCC1=C2CC[C@]2(C)C(O)CC[C@@H]12. The van der Waals surface area contributed by atoms with E-state index in [9.17, 15) is 10.2 Å². The predicted molar refractivity (Wildman–Crippen MR) is 83.8 cm³/mol. The lowest BCUT2D eigenvalue weighted by Crippen LogP contribution is -2.42. The molecular weight excluding hydrogens is 260 g/mol. The van der Waals surface area contributed by atoms with Gasteiger partial charge in [0.05, 0.1) is 12.2 Å². The van der Waals surface area contributed by atoms with Crippen LogP contribution in [0.3, 0.4) is 0 Å². The van der Waals surface area contributed by atoms with Crippen LogP contribution >= 0.6 is 0 Å². The average Bonchev–Trinajstić information content (AvgIpc) is 2.76. The highest BCUT2D eigenvalue weighted by molar-refractivity contribution is 5.42. The Morgan fingerprint density at radius 1 is 1.00 bits per heavy atom. The maximum Gasteiger partial charge on any atom is 0.0724 e. The van der Waals surface area contributed by atoms with E-state index in [1.807, 2.05) is 0 Å². The van der Waals surface area contributed by atoms with Gasteiger partial charge in [-0.05, 0) is 57.3 Å². The fourth-order valence-electron chi connectivity index (χ4n) is 5.92. The first-order valence-corrected chi connectivity index (χ1v) is 8.75. The molecular formula is C19H28O2. The van der Waals surface area contributed by atoms with E-state index in [0.717, 1.165) is 44.9 Å². The van der Waals surface area contributed by atoms with Gasteiger partial charge in [-0.1, -0.05) is 36.6 Å². The number of hydrogen-bond donors (Lipinski definition) is 2. The van der Waals surface area contributed by atoms with E-state index < -0.39 is 0 Å². The van der Waals surface area contributed by atoms with Gasteiger partial charge in [0.15, 0.2) is 0 Å². The summed E-state index contributed by atoms with van der Waals surface area (Å²) < 4.78 is 0. The van der Waals surface area contributed by atoms with E-state index in [-0.39, 0.29) is 23.0 Å². The largest absolute Gasteiger partial charge is 0.393 e. The molecule has 2 heteroatoms. The number of hydrogen-bond acceptors (Lipinski definition) is 2. The quantitative estimate of drug-likeness (QED) is 0.667. The topological polar surface area (TPSA) is 40.5 Å². The molecule has 0 aliphatic heterocycles. The van der Waals surface area contributed by atoms with E-state index >= 15 is 0 Å². The van der Waals surface area contributed by atoms with Crippen LogP contribution in [0.2, 0.25) is 0 Å². The molecule has 0 bridgehead atoms. The van der Waals surface area contributed by atoms with Gasteiger partial charge < -0.3 is 10.2 Å². The summed E-state index contributed by atoms with van der Waals surface area (Å²) in [4.78, 5) is 0. The number of rotatable bonds is 0. The highest BCUT2D eigenvalue weighted by atomic mass is 16.3. The summed E-state index contributed by atoms with van der Waals surface area (Å²) >= 11 is 0. The molecule has 0 spiro atoms. The molecule has 2 N–H and O–H groups in total. The summed E-state index contributed by atoms with van der Waals surface area (Å²) in [5.41, 5.74) is 5.20. The number of fused-ring (bicyclic) bond motifs is 4. The summed E-state index contributed by atoms with van der Waals surface area (Å²) in [6, 6.07) is 0. The van der Waals surface area contributed by atoms with Gasteiger partial charge in [0.25, 0.3) is 0 Å². The van der Waals surface area contributed by atoms with Gasteiger partial charge in [-0.15, -0.1) is 0 Å². The van der Waals surface area contributed by atoms with Crippen molar-refractivity contribution in [1.29, 1.82) is 0 Å². The molecule has 0 aromatic rings. The highest BCUT2D eigenvalue weighted by Gasteiger charge is 2.53. The van der Waals surface area contributed by atoms with Crippen molar-refractivity contribution in [3.63, 3.8) is 0 Å². The van der Waals surface area contributed by atoms with Gasteiger partial charge in [-0.3, -0.25) is 0 Å². The maximum atomic E-state index is 10.4. The first-order valence-electron chi connectivity index (χ1n) is 8.75. The molecule has 0 heterocycles. The Morgan fingerprint density at radius 2 is 1.81 bits per heavy atom. The van der Waals surface area contributed by atoms with Crippen LogP contribution in [0.25, 0.3) is 0 Å². The smallest absolute Gasteiger partial charge is 0.0724 e. The zero-order chi connectivity index (χ0) is 14.8. The molecule has 4 aliphatic rings. The third kappa shape index (κ3) is 1.78. The molecule has 21 heavy (non-hydrogen) atoms. The molecule has 4 rings (SSSR count). The minimum absolute atomic E-state index is 0.102. The van der Waals surface area contributed by atoms with E-state index in [4.69, 9.17) is 0 Å². The Kier molecular flexibility index (Phi) is 2.97. The first-order chi connectivity index (χ1) is 9.95. The average molecular weight is 288 g/mol. The van der Waals surface area contributed by atoms with Gasteiger partial charge in [-0.25, -0.2) is 0 Å². The molecule has 5 atom stereocenters. The van der Waals surface area contributed by atoms with Crippen molar-refractivity contribution in [3.05, 3.63) is 22.8 Å². The molecule has 0 aromatic carbocycles. The molecule has 0 aromatic heterocycles. The van der Waals surface area contributed by atoms with Crippen molar-refractivity contribution in [2.45, 2.75) is 77.4 Å². The first kappa shape index (κ1) is 14.0. The standard InChI is InChI=1S/C19H28O2/c1-18-9-7-13(20)11-12(18)3-4-14-15-5-6-17(21)19(15,2)10-8-16(14)18/h11,13,15,17,20-21H,3-10H2,1-2H3/t13?,15-,17?,18-,19-/m0/s1. The lowest BCUT2D eigenvalue weighted by Gasteiger charge is -2.51. The molecule has 1 fully saturated rings. The second-order valence-electron chi connectivity index (χ2n) is 8.29. The molecule has 0 radical (unpaired) electrons. The lowest BCUT2D eigenvalue weighted by atomic mass is 9.54. The van der Waals surface area contributed by atoms with Crippen molar-refractivity contribution in [3.8, 4) is 0 Å².